The lowest BCUT2D eigenvalue weighted by Crippen LogP contribution is -2.48. The standard InChI is InChI=1S/C18H24N2O5/c1-11-5-4-6-16(12(11)2)19-18(22)13(3)25-17-8-7-15(20(23)24)9-14(17)10-21/h7-13,16H,4-6H2,1-3H3,(H,19,22)/t11-,12-,13-,16+/m1/s1. The molecule has 1 aromatic carbocycles. The number of amides is 1. The van der Waals surface area contributed by atoms with Crippen molar-refractivity contribution in [3.05, 3.63) is 33.9 Å². The topological polar surface area (TPSA) is 98.5 Å². The Balaban J connectivity index is 2.03. The summed E-state index contributed by atoms with van der Waals surface area (Å²) in [7, 11) is 0. The molecule has 1 aromatic rings. The number of ether oxygens (including phenoxy) is 1. The summed E-state index contributed by atoms with van der Waals surface area (Å²) >= 11 is 0. The number of rotatable bonds is 6. The number of nitrogens with zero attached hydrogens (tertiary/aromatic N) is 1. The van der Waals surface area contributed by atoms with Crippen LogP contribution in [0.2, 0.25) is 0 Å². The zero-order valence-electron chi connectivity index (χ0n) is 14.7. The average Bonchev–Trinajstić information content (AvgIpc) is 2.58. The van der Waals surface area contributed by atoms with Crippen LogP contribution in [0.1, 0.15) is 50.4 Å². The van der Waals surface area contributed by atoms with E-state index in [4.69, 9.17) is 4.74 Å². The summed E-state index contributed by atoms with van der Waals surface area (Å²) in [5, 5.41) is 13.8. The second kappa shape index (κ2) is 8.09. The van der Waals surface area contributed by atoms with Crippen molar-refractivity contribution in [2.75, 3.05) is 0 Å². The molecule has 25 heavy (non-hydrogen) atoms. The lowest BCUT2D eigenvalue weighted by molar-refractivity contribution is -0.384. The van der Waals surface area contributed by atoms with Crippen LogP contribution < -0.4 is 10.1 Å². The number of carbonyl (C=O) groups excluding carboxylic acids is 2. The van der Waals surface area contributed by atoms with Crippen molar-refractivity contribution >= 4 is 17.9 Å². The van der Waals surface area contributed by atoms with E-state index in [-0.39, 0.29) is 28.9 Å². The van der Waals surface area contributed by atoms with E-state index in [1.54, 1.807) is 6.92 Å². The molecule has 1 aliphatic carbocycles. The molecule has 1 amide bonds. The highest BCUT2D eigenvalue weighted by atomic mass is 16.6. The van der Waals surface area contributed by atoms with E-state index >= 15 is 0 Å². The lowest BCUT2D eigenvalue weighted by Gasteiger charge is -2.35. The molecule has 1 aliphatic rings. The largest absolute Gasteiger partial charge is 0.480 e. The first kappa shape index (κ1) is 18.9. The third kappa shape index (κ3) is 4.55. The van der Waals surface area contributed by atoms with Crippen LogP contribution in [0.25, 0.3) is 0 Å². The van der Waals surface area contributed by atoms with Gasteiger partial charge in [0.1, 0.15) is 5.75 Å². The Morgan fingerprint density at radius 2 is 2.12 bits per heavy atom. The SMILES string of the molecule is C[C@@H]1[C@H](C)CCC[C@@H]1NC(=O)[C@@H](C)Oc1ccc([N+](=O)[O-])cc1C=O. The number of aldehydes is 1. The maximum absolute atomic E-state index is 12.4. The Morgan fingerprint density at radius 1 is 1.40 bits per heavy atom. The highest BCUT2D eigenvalue weighted by Gasteiger charge is 2.29. The van der Waals surface area contributed by atoms with Crippen molar-refractivity contribution < 1.29 is 19.2 Å². The summed E-state index contributed by atoms with van der Waals surface area (Å²) in [5.74, 6) is 0.871. The van der Waals surface area contributed by atoms with E-state index < -0.39 is 11.0 Å². The molecule has 0 unspecified atom stereocenters. The molecule has 7 nitrogen and oxygen atoms in total. The smallest absolute Gasteiger partial charge is 0.270 e. The second-order valence-electron chi connectivity index (χ2n) is 6.74. The first-order valence-corrected chi connectivity index (χ1v) is 8.54. The normalized spacial score (nSPS) is 24.2. The summed E-state index contributed by atoms with van der Waals surface area (Å²) in [6.07, 6.45) is 2.89. The van der Waals surface area contributed by atoms with Crippen molar-refractivity contribution in [2.45, 2.75) is 52.2 Å². The van der Waals surface area contributed by atoms with Gasteiger partial charge < -0.3 is 10.1 Å². The predicted molar refractivity (Wildman–Crippen MR) is 92.7 cm³/mol. The zero-order valence-corrected chi connectivity index (χ0v) is 14.7. The van der Waals surface area contributed by atoms with Gasteiger partial charge in [-0.05, 0) is 31.2 Å². The molecule has 0 bridgehead atoms. The fourth-order valence-corrected chi connectivity index (χ4v) is 3.18. The van der Waals surface area contributed by atoms with Gasteiger partial charge in [-0.1, -0.05) is 26.7 Å². The number of nitrogens with one attached hydrogen (secondary N) is 1. The molecule has 2 rings (SSSR count). The highest BCUT2D eigenvalue weighted by molar-refractivity contribution is 5.83. The van der Waals surface area contributed by atoms with Crippen molar-refractivity contribution in [2.24, 2.45) is 11.8 Å². The maximum Gasteiger partial charge on any atom is 0.270 e. The first-order chi connectivity index (χ1) is 11.8. The van der Waals surface area contributed by atoms with Gasteiger partial charge in [0.05, 0.1) is 10.5 Å². The van der Waals surface area contributed by atoms with Crippen LogP contribution in [0.4, 0.5) is 5.69 Å². The lowest BCUT2D eigenvalue weighted by atomic mass is 9.78. The Labute approximate surface area is 146 Å². The van der Waals surface area contributed by atoms with E-state index in [1.807, 2.05) is 0 Å². The molecule has 0 aromatic heterocycles. The fraction of sp³-hybridized carbons (Fsp3) is 0.556. The van der Waals surface area contributed by atoms with Crippen LogP contribution in [0.5, 0.6) is 5.75 Å². The van der Waals surface area contributed by atoms with Crippen molar-refractivity contribution in [3.63, 3.8) is 0 Å². The van der Waals surface area contributed by atoms with Crippen molar-refractivity contribution in [1.82, 2.24) is 5.32 Å². The molecule has 0 heterocycles. The van der Waals surface area contributed by atoms with Gasteiger partial charge in [0, 0.05) is 18.2 Å². The van der Waals surface area contributed by atoms with Gasteiger partial charge in [-0.2, -0.15) is 0 Å². The Bertz CT molecular complexity index is 661. The molecule has 0 radical (unpaired) electrons. The number of non-ortho nitro benzene ring substituents is 1. The molecule has 7 heteroatoms. The molecule has 0 aliphatic heterocycles. The van der Waals surface area contributed by atoms with E-state index in [9.17, 15) is 19.7 Å². The van der Waals surface area contributed by atoms with Crippen LogP contribution in [0.3, 0.4) is 0 Å². The number of carbonyl (C=O) groups is 2. The van der Waals surface area contributed by atoms with Gasteiger partial charge in [0.2, 0.25) is 0 Å². The molecule has 0 spiro atoms. The fourth-order valence-electron chi connectivity index (χ4n) is 3.18. The molecular formula is C18H24N2O5. The minimum atomic E-state index is -0.801. The van der Waals surface area contributed by atoms with Crippen LogP contribution in [-0.2, 0) is 4.79 Å². The monoisotopic (exact) mass is 348 g/mol. The Hall–Kier alpha value is -2.44. The molecule has 136 valence electrons. The summed E-state index contributed by atoms with van der Waals surface area (Å²) in [4.78, 5) is 33.7. The number of nitro benzene ring substituents is 1. The molecule has 4 atom stereocenters. The Morgan fingerprint density at radius 3 is 2.76 bits per heavy atom. The Kier molecular flexibility index (Phi) is 6.12. The molecule has 0 saturated heterocycles. The van der Waals surface area contributed by atoms with Gasteiger partial charge in [0.25, 0.3) is 11.6 Å². The van der Waals surface area contributed by atoms with Gasteiger partial charge in [-0.25, -0.2) is 0 Å². The van der Waals surface area contributed by atoms with Crippen molar-refractivity contribution in [1.29, 1.82) is 0 Å². The minimum Gasteiger partial charge on any atom is -0.480 e. The second-order valence-corrected chi connectivity index (χ2v) is 6.74. The van der Waals surface area contributed by atoms with Crippen LogP contribution in [0.15, 0.2) is 18.2 Å². The summed E-state index contributed by atoms with van der Waals surface area (Å²) < 4.78 is 5.57. The predicted octanol–water partition coefficient (Wildman–Crippen LogP) is 3.12. The van der Waals surface area contributed by atoms with Gasteiger partial charge in [-0.15, -0.1) is 0 Å². The summed E-state index contributed by atoms with van der Waals surface area (Å²) in [5.41, 5.74) is -0.148. The van der Waals surface area contributed by atoms with E-state index in [0.29, 0.717) is 18.1 Å². The number of nitro groups is 1. The minimum absolute atomic E-state index is 0.0495. The first-order valence-electron chi connectivity index (χ1n) is 8.54. The van der Waals surface area contributed by atoms with E-state index in [1.165, 1.54) is 18.6 Å². The van der Waals surface area contributed by atoms with Gasteiger partial charge >= 0.3 is 0 Å². The average molecular weight is 348 g/mol. The van der Waals surface area contributed by atoms with Crippen LogP contribution in [-0.4, -0.2) is 29.3 Å². The number of benzene rings is 1. The number of hydrogen-bond acceptors (Lipinski definition) is 5. The summed E-state index contributed by atoms with van der Waals surface area (Å²) in [6, 6.07) is 3.84. The zero-order chi connectivity index (χ0) is 18.6. The number of hydrogen-bond donors (Lipinski definition) is 1. The van der Waals surface area contributed by atoms with E-state index in [2.05, 4.69) is 19.2 Å². The summed E-state index contributed by atoms with van der Waals surface area (Å²) in [6.45, 7) is 5.93. The van der Waals surface area contributed by atoms with Crippen molar-refractivity contribution in [3.8, 4) is 5.75 Å². The van der Waals surface area contributed by atoms with Gasteiger partial charge in [-0.3, -0.25) is 19.7 Å². The molecule has 1 N–H and O–H groups in total. The molecule has 1 fully saturated rings. The molecular weight excluding hydrogens is 324 g/mol. The van der Waals surface area contributed by atoms with E-state index in [0.717, 1.165) is 18.9 Å². The molecule has 1 saturated carbocycles. The third-order valence-electron chi connectivity index (χ3n) is 5.04. The van der Waals surface area contributed by atoms with Gasteiger partial charge in [0.15, 0.2) is 12.4 Å². The van der Waals surface area contributed by atoms with Crippen LogP contribution in [0, 0.1) is 22.0 Å². The maximum atomic E-state index is 12.4. The van der Waals surface area contributed by atoms with Crippen LogP contribution >= 0.6 is 0 Å². The highest BCUT2D eigenvalue weighted by Crippen LogP contribution is 2.29. The third-order valence-corrected chi connectivity index (χ3v) is 5.04. The quantitative estimate of drug-likeness (QED) is 0.484.